The topological polar surface area (TPSA) is 56.3 Å². The number of alkyl halides is 3. The molecule has 0 fully saturated rings. The minimum Gasteiger partial charge on any atom is -0.493 e. The predicted molar refractivity (Wildman–Crippen MR) is 105 cm³/mol. The second-order valence-corrected chi connectivity index (χ2v) is 6.30. The van der Waals surface area contributed by atoms with Gasteiger partial charge in [0.25, 0.3) is 0 Å². The van der Waals surface area contributed by atoms with Gasteiger partial charge < -0.3 is 14.8 Å². The van der Waals surface area contributed by atoms with E-state index in [2.05, 4.69) is 15.3 Å². The first-order chi connectivity index (χ1) is 13.9. The van der Waals surface area contributed by atoms with Gasteiger partial charge in [-0.1, -0.05) is 30.3 Å². The first kappa shape index (κ1) is 18.8. The van der Waals surface area contributed by atoms with Gasteiger partial charge in [0.05, 0.1) is 19.7 Å². The number of hydrogen-bond donors (Lipinski definition) is 1. The molecule has 0 aliphatic heterocycles. The molecule has 0 aliphatic carbocycles. The van der Waals surface area contributed by atoms with Gasteiger partial charge in [0.15, 0.2) is 11.5 Å². The van der Waals surface area contributed by atoms with Crippen LogP contribution < -0.4 is 14.8 Å². The summed E-state index contributed by atoms with van der Waals surface area (Å²) >= 11 is 0. The normalized spacial score (nSPS) is 11.6. The van der Waals surface area contributed by atoms with Crippen molar-refractivity contribution >= 4 is 33.2 Å². The molecule has 1 heterocycles. The van der Waals surface area contributed by atoms with E-state index in [-0.39, 0.29) is 17.1 Å². The maximum Gasteiger partial charge on any atom is 0.451 e. The van der Waals surface area contributed by atoms with E-state index in [4.69, 9.17) is 9.47 Å². The van der Waals surface area contributed by atoms with Crippen molar-refractivity contribution < 1.29 is 22.6 Å². The van der Waals surface area contributed by atoms with E-state index in [1.54, 1.807) is 12.1 Å². The molecule has 4 rings (SSSR count). The molecule has 1 N–H and O–H groups in total. The lowest BCUT2D eigenvalue weighted by Crippen LogP contribution is -2.13. The van der Waals surface area contributed by atoms with Crippen molar-refractivity contribution in [2.24, 2.45) is 0 Å². The van der Waals surface area contributed by atoms with Crippen LogP contribution >= 0.6 is 0 Å². The van der Waals surface area contributed by atoms with Gasteiger partial charge in [0.1, 0.15) is 5.82 Å². The van der Waals surface area contributed by atoms with Crippen molar-refractivity contribution in [3.05, 3.63) is 60.4 Å². The monoisotopic (exact) mass is 399 g/mol. The van der Waals surface area contributed by atoms with Gasteiger partial charge in [0.2, 0.25) is 5.82 Å². The highest BCUT2D eigenvalue weighted by atomic mass is 19.4. The molecular formula is C21H16F3N3O2. The lowest BCUT2D eigenvalue weighted by molar-refractivity contribution is -0.144. The highest BCUT2D eigenvalue weighted by molar-refractivity contribution is 5.94. The molecule has 0 unspecified atom stereocenters. The number of nitrogens with zero attached hydrogens (tertiary/aromatic N) is 2. The zero-order valence-electron chi connectivity index (χ0n) is 15.5. The van der Waals surface area contributed by atoms with Crippen LogP contribution in [0.4, 0.5) is 24.7 Å². The highest BCUT2D eigenvalue weighted by Gasteiger charge is 2.35. The molecule has 3 aromatic carbocycles. The molecule has 148 valence electrons. The molecule has 8 heteroatoms. The standard InChI is InChI=1S/C21H16F3N3O2/c1-28-17-10-15-16(11-18(17)29-2)26-20(21(22,23)24)27-19(15)25-14-8-7-12-5-3-4-6-13(12)9-14/h3-11H,1-2H3,(H,25,26,27). The molecule has 5 nitrogen and oxygen atoms in total. The van der Waals surface area contributed by atoms with Crippen molar-refractivity contribution in [2.45, 2.75) is 6.18 Å². The first-order valence-electron chi connectivity index (χ1n) is 8.66. The van der Waals surface area contributed by atoms with Crippen LogP contribution in [0, 0.1) is 0 Å². The first-order valence-corrected chi connectivity index (χ1v) is 8.66. The number of nitrogens with one attached hydrogen (secondary N) is 1. The molecule has 0 atom stereocenters. The van der Waals surface area contributed by atoms with Crippen LogP contribution in [0.25, 0.3) is 21.7 Å². The summed E-state index contributed by atoms with van der Waals surface area (Å²) in [7, 11) is 2.86. The summed E-state index contributed by atoms with van der Waals surface area (Å²) in [5, 5.41) is 5.34. The van der Waals surface area contributed by atoms with Crippen molar-refractivity contribution in [1.82, 2.24) is 9.97 Å². The van der Waals surface area contributed by atoms with Crippen LogP contribution in [0.3, 0.4) is 0 Å². The second-order valence-electron chi connectivity index (χ2n) is 6.30. The number of halogens is 3. The summed E-state index contributed by atoms with van der Waals surface area (Å²) in [6.07, 6.45) is -4.69. The zero-order valence-corrected chi connectivity index (χ0v) is 15.5. The molecule has 0 bridgehead atoms. The Kier molecular flexibility index (Phi) is 4.62. The summed E-state index contributed by atoms with van der Waals surface area (Å²) in [5.74, 6) is -0.563. The summed E-state index contributed by atoms with van der Waals surface area (Å²) in [6, 6.07) is 16.2. The Bertz CT molecular complexity index is 1210. The number of methoxy groups -OCH3 is 2. The molecule has 0 radical (unpaired) electrons. The number of aromatic nitrogens is 2. The number of benzene rings is 3. The van der Waals surface area contributed by atoms with Gasteiger partial charge in [-0.25, -0.2) is 9.97 Å². The van der Waals surface area contributed by atoms with E-state index >= 15 is 0 Å². The van der Waals surface area contributed by atoms with Crippen LogP contribution in [-0.4, -0.2) is 24.2 Å². The Labute approximate surface area is 164 Å². The van der Waals surface area contributed by atoms with Gasteiger partial charge >= 0.3 is 6.18 Å². The highest BCUT2D eigenvalue weighted by Crippen LogP contribution is 2.37. The average Bonchev–Trinajstić information content (AvgIpc) is 2.71. The molecule has 29 heavy (non-hydrogen) atoms. The van der Waals surface area contributed by atoms with Crippen molar-refractivity contribution in [2.75, 3.05) is 19.5 Å². The molecule has 0 aliphatic rings. The fraction of sp³-hybridized carbons (Fsp3) is 0.143. The smallest absolute Gasteiger partial charge is 0.451 e. The minimum atomic E-state index is -4.69. The molecule has 0 saturated heterocycles. The molecule has 1 aromatic heterocycles. The van der Waals surface area contributed by atoms with Gasteiger partial charge in [-0.2, -0.15) is 13.2 Å². The van der Waals surface area contributed by atoms with E-state index in [1.165, 1.54) is 20.3 Å². The van der Waals surface area contributed by atoms with Crippen LogP contribution in [0.5, 0.6) is 11.5 Å². The van der Waals surface area contributed by atoms with Gasteiger partial charge in [0, 0.05) is 17.1 Å². The Morgan fingerprint density at radius 2 is 1.52 bits per heavy atom. The average molecular weight is 399 g/mol. The number of rotatable bonds is 4. The van der Waals surface area contributed by atoms with E-state index < -0.39 is 12.0 Å². The maximum atomic E-state index is 13.4. The third-order valence-corrected chi connectivity index (χ3v) is 4.47. The maximum absolute atomic E-state index is 13.4. The Morgan fingerprint density at radius 3 is 2.21 bits per heavy atom. The van der Waals surface area contributed by atoms with Crippen molar-refractivity contribution in [3.8, 4) is 11.5 Å². The van der Waals surface area contributed by atoms with E-state index in [0.717, 1.165) is 10.8 Å². The molecule has 4 aromatic rings. The fourth-order valence-corrected chi connectivity index (χ4v) is 3.08. The number of anilines is 2. The van der Waals surface area contributed by atoms with Crippen molar-refractivity contribution in [1.29, 1.82) is 0 Å². The lowest BCUT2D eigenvalue weighted by atomic mass is 10.1. The van der Waals surface area contributed by atoms with Crippen LogP contribution in [0.15, 0.2) is 54.6 Å². The molecule has 0 spiro atoms. The van der Waals surface area contributed by atoms with Crippen molar-refractivity contribution in [3.63, 3.8) is 0 Å². The van der Waals surface area contributed by atoms with Gasteiger partial charge in [-0.3, -0.25) is 0 Å². The summed E-state index contributed by atoms with van der Waals surface area (Å²) in [4.78, 5) is 7.41. The number of fused-ring (bicyclic) bond motifs is 2. The van der Waals surface area contributed by atoms with Crippen LogP contribution in [-0.2, 0) is 6.18 Å². The summed E-state index contributed by atoms with van der Waals surface area (Å²) in [6.45, 7) is 0. The summed E-state index contributed by atoms with van der Waals surface area (Å²) < 4.78 is 50.5. The van der Waals surface area contributed by atoms with E-state index in [9.17, 15) is 13.2 Å². The van der Waals surface area contributed by atoms with Crippen LogP contribution in [0.2, 0.25) is 0 Å². The van der Waals surface area contributed by atoms with E-state index in [0.29, 0.717) is 16.8 Å². The van der Waals surface area contributed by atoms with Gasteiger partial charge in [-0.05, 0) is 29.0 Å². The predicted octanol–water partition coefficient (Wildman–Crippen LogP) is 5.56. The third-order valence-electron chi connectivity index (χ3n) is 4.47. The zero-order chi connectivity index (χ0) is 20.6. The Morgan fingerprint density at radius 1 is 0.828 bits per heavy atom. The second kappa shape index (κ2) is 7.12. The van der Waals surface area contributed by atoms with Gasteiger partial charge in [-0.15, -0.1) is 0 Å². The Balaban J connectivity index is 1.89. The number of hydrogen-bond acceptors (Lipinski definition) is 5. The minimum absolute atomic E-state index is 0.0264. The summed E-state index contributed by atoms with van der Waals surface area (Å²) in [5.41, 5.74) is 0.694. The SMILES string of the molecule is COc1cc2nc(C(F)(F)F)nc(Nc3ccc4ccccc4c3)c2cc1OC. The quantitative estimate of drug-likeness (QED) is 0.487. The molecule has 0 amide bonds. The molecule has 0 saturated carbocycles. The molecular weight excluding hydrogens is 383 g/mol. The largest absolute Gasteiger partial charge is 0.493 e. The number of ether oxygens (including phenoxy) is 2. The third kappa shape index (κ3) is 3.61. The van der Waals surface area contributed by atoms with Crippen LogP contribution in [0.1, 0.15) is 5.82 Å². The fourth-order valence-electron chi connectivity index (χ4n) is 3.08. The Hall–Kier alpha value is -3.55. The van der Waals surface area contributed by atoms with E-state index in [1.807, 2.05) is 36.4 Å². The lowest BCUT2D eigenvalue weighted by Gasteiger charge is -2.15.